The average Bonchev–Trinajstić information content (AvgIpc) is 2.33. The molecule has 0 bridgehead atoms. The van der Waals surface area contributed by atoms with Gasteiger partial charge in [0.2, 0.25) is 5.91 Å². The van der Waals surface area contributed by atoms with E-state index < -0.39 is 11.7 Å². The van der Waals surface area contributed by atoms with Gasteiger partial charge in [0.15, 0.2) is 0 Å². The molecular formula is C13H14BrFN2O2. The van der Waals surface area contributed by atoms with Crippen molar-refractivity contribution in [2.75, 3.05) is 13.6 Å². The standard InChI is InChI=1S/C13H14BrFN2O2/c1-17-7-8(5-6-11(17)18)16-13(19)12-9(14)3-2-4-10(12)15/h2-4,8H,5-7H2,1H3,(H,16,19). The van der Waals surface area contributed by atoms with Crippen molar-refractivity contribution in [1.82, 2.24) is 10.2 Å². The van der Waals surface area contributed by atoms with Gasteiger partial charge in [0, 0.05) is 30.5 Å². The van der Waals surface area contributed by atoms with Crippen molar-refractivity contribution in [2.24, 2.45) is 0 Å². The first-order valence-corrected chi connectivity index (χ1v) is 6.77. The van der Waals surface area contributed by atoms with E-state index in [1.807, 2.05) is 0 Å². The molecule has 0 spiro atoms. The molecule has 1 aliphatic rings. The summed E-state index contributed by atoms with van der Waals surface area (Å²) in [7, 11) is 1.69. The SMILES string of the molecule is CN1CC(NC(=O)c2c(F)cccc2Br)CCC1=O. The first kappa shape index (κ1) is 14.0. The van der Waals surface area contributed by atoms with E-state index in [0.717, 1.165) is 0 Å². The van der Waals surface area contributed by atoms with E-state index >= 15 is 0 Å². The number of hydrogen-bond acceptors (Lipinski definition) is 2. The van der Waals surface area contributed by atoms with Crippen molar-refractivity contribution in [3.63, 3.8) is 0 Å². The smallest absolute Gasteiger partial charge is 0.255 e. The van der Waals surface area contributed by atoms with Crippen LogP contribution >= 0.6 is 15.9 Å². The van der Waals surface area contributed by atoms with E-state index in [0.29, 0.717) is 23.9 Å². The molecule has 1 aromatic rings. The van der Waals surface area contributed by atoms with Gasteiger partial charge >= 0.3 is 0 Å². The molecule has 0 aromatic heterocycles. The molecule has 2 rings (SSSR count). The number of hydrogen-bond donors (Lipinski definition) is 1. The molecule has 1 aromatic carbocycles. The second-order valence-electron chi connectivity index (χ2n) is 4.58. The van der Waals surface area contributed by atoms with Gasteiger partial charge in [0.1, 0.15) is 5.82 Å². The lowest BCUT2D eigenvalue weighted by molar-refractivity contribution is -0.132. The zero-order valence-electron chi connectivity index (χ0n) is 10.5. The quantitative estimate of drug-likeness (QED) is 0.901. The van der Waals surface area contributed by atoms with E-state index in [9.17, 15) is 14.0 Å². The summed E-state index contributed by atoms with van der Waals surface area (Å²) in [6.07, 6.45) is 0.987. The minimum atomic E-state index is -0.563. The predicted octanol–water partition coefficient (Wildman–Crippen LogP) is 1.94. The zero-order chi connectivity index (χ0) is 14.0. The van der Waals surface area contributed by atoms with E-state index in [1.165, 1.54) is 12.1 Å². The van der Waals surface area contributed by atoms with Crippen LogP contribution < -0.4 is 5.32 Å². The minimum absolute atomic E-state index is 0.00190. The third kappa shape index (κ3) is 3.12. The van der Waals surface area contributed by atoms with E-state index in [1.54, 1.807) is 18.0 Å². The number of nitrogens with zero attached hydrogens (tertiary/aromatic N) is 1. The molecule has 6 heteroatoms. The fourth-order valence-electron chi connectivity index (χ4n) is 2.10. The molecule has 1 aliphatic heterocycles. The van der Waals surface area contributed by atoms with Gasteiger partial charge in [-0.15, -0.1) is 0 Å². The Balaban J connectivity index is 2.08. The number of likely N-dealkylation sites (N-methyl/N-ethyl adjacent to an activating group) is 1. The number of carbonyl (C=O) groups excluding carboxylic acids is 2. The molecule has 4 nitrogen and oxygen atoms in total. The van der Waals surface area contributed by atoms with Crippen molar-refractivity contribution in [1.29, 1.82) is 0 Å². The maximum absolute atomic E-state index is 13.6. The van der Waals surface area contributed by atoms with Crippen LogP contribution in [0.4, 0.5) is 4.39 Å². The Morgan fingerprint density at radius 2 is 2.26 bits per heavy atom. The Kier molecular flexibility index (Phi) is 4.19. The maximum Gasteiger partial charge on any atom is 0.255 e. The average molecular weight is 329 g/mol. The highest BCUT2D eigenvalue weighted by molar-refractivity contribution is 9.10. The van der Waals surface area contributed by atoms with Crippen molar-refractivity contribution < 1.29 is 14.0 Å². The van der Waals surface area contributed by atoms with Crippen LogP contribution in [0.1, 0.15) is 23.2 Å². The lowest BCUT2D eigenvalue weighted by Gasteiger charge is -2.30. The molecule has 1 N–H and O–H groups in total. The second-order valence-corrected chi connectivity index (χ2v) is 5.43. The van der Waals surface area contributed by atoms with Gasteiger partial charge in [-0.05, 0) is 34.5 Å². The van der Waals surface area contributed by atoms with E-state index in [2.05, 4.69) is 21.2 Å². The van der Waals surface area contributed by atoms with Gasteiger partial charge in [-0.25, -0.2) is 4.39 Å². The third-order valence-corrected chi connectivity index (χ3v) is 3.81. The Bertz CT molecular complexity index is 501. The van der Waals surface area contributed by atoms with Crippen LogP contribution in [0.15, 0.2) is 22.7 Å². The summed E-state index contributed by atoms with van der Waals surface area (Å²) in [5.74, 6) is -0.956. The van der Waals surface area contributed by atoms with Gasteiger partial charge in [-0.1, -0.05) is 6.07 Å². The summed E-state index contributed by atoms with van der Waals surface area (Å²) in [5, 5.41) is 2.76. The molecule has 102 valence electrons. The number of amides is 2. The summed E-state index contributed by atoms with van der Waals surface area (Å²) >= 11 is 3.17. The third-order valence-electron chi connectivity index (χ3n) is 3.15. The van der Waals surface area contributed by atoms with Crippen molar-refractivity contribution in [3.05, 3.63) is 34.1 Å². The number of piperidine rings is 1. The Morgan fingerprint density at radius 3 is 2.89 bits per heavy atom. The second kappa shape index (κ2) is 5.69. The normalized spacial score (nSPS) is 19.4. The topological polar surface area (TPSA) is 49.4 Å². The number of halogens is 2. The van der Waals surface area contributed by atoms with Crippen LogP contribution in [0.25, 0.3) is 0 Å². The molecule has 19 heavy (non-hydrogen) atoms. The number of nitrogens with one attached hydrogen (secondary N) is 1. The monoisotopic (exact) mass is 328 g/mol. The Labute approximate surface area is 119 Å². The largest absolute Gasteiger partial charge is 0.347 e. The molecule has 0 saturated carbocycles. The number of rotatable bonds is 2. The summed E-state index contributed by atoms with van der Waals surface area (Å²) < 4.78 is 14.1. The first-order valence-electron chi connectivity index (χ1n) is 5.98. The lowest BCUT2D eigenvalue weighted by atomic mass is 10.0. The van der Waals surface area contributed by atoms with Crippen LogP contribution in [0.3, 0.4) is 0 Å². The van der Waals surface area contributed by atoms with Crippen LogP contribution in [-0.2, 0) is 4.79 Å². The molecular weight excluding hydrogens is 315 g/mol. The predicted molar refractivity (Wildman–Crippen MR) is 72.2 cm³/mol. The van der Waals surface area contributed by atoms with Gasteiger partial charge in [-0.3, -0.25) is 9.59 Å². The van der Waals surface area contributed by atoms with Crippen molar-refractivity contribution in [2.45, 2.75) is 18.9 Å². The summed E-state index contributed by atoms with van der Waals surface area (Å²) in [4.78, 5) is 25.0. The first-order chi connectivity index (χ1) is 8.99. The minimum Gasteiger partial charge on any atom is -0.347 e. The molecule has 0 aliphatic carbocycles. The summed E-state index contributed by atoms with van der Waals surface area (Å²) in [5.41, 5.74) is 0.00190. The lowest BCUT2D eigenvalue weighted by Crippen LogP contribution is -2.48. The molecule has 1 heterocycles. The van der Waals surface area contributed by atoms with Crippen LogP contribution in [0.5, 0.6) is 0 Å². The van der Waals surface area contributed by atoms with E-state index in [-0.39, 0.29) is 17.5 Å². The fourth-order valence-corrected chi connectivity index (χ4v) is 2.62. The molecule has 0 radical (unpaired) electrons. The van der Waals surface area contributed by atoms with Crippen LogP contribution in [0, 0.1) is 5.82 Å². The zero-order valence-corrected chi connectivity index (χ0v) is 12.0. The number of likely N-dealkylation sites (tertiary alicyclic amines) is 1. The Hall–Kier alpha value is -1.43. The molecule has 1 atom stereocenters. The summed E-state index contributed by atoms with van der Waals surface area (Å²) in [6, 6.07) is 4.26. The Morgan fingerprint density at radius 1 is 1.53 bits per heavy atom. The molecule has 2 amide bonds. The molecule has 1 saturated heterocycles. The van der Waals surface area contributed by atoms with Gasteiger partial charge in [0.25, 0.3) is 5.91 Å². The van der Waals surface area contributed by atoms with Gasteiger partial charge in [-0.2, -0.15) is 0 Å². The summed E-state index contributed by atoms with van der Waals surface area (Å²) in [6.45, 7) is 0.455. The number of benzene rings is 1. The highest BCUT2D eigenvalue weighted by atomic mass is 79.9. The van der Waals surface area contributed by atoms with Crippen molar-refractivity contribution >= 4 is 27.7 Å². The highest BCUT2D eigenvalue weighted by Crippen LogP contribution is 2.20. The highest BCUT2D eigenvalue weighted by Gasteiger charge is 2.25. The van der Waals surface area contributed by atoms with Crippen LogP contribution in [-0.4, -0.2) is 36.3 Å². The van der Waals surface area contributed by atoms with Gasteiger partial charge < -0.3 is 10.2 Å². The maximum atomic E-state index is 13.6. The van der Waals surface area contributed by atoms with Gasteiger partial charge in [0.05, 0.1) is 5.56 Å². The molecule has 1 unspecified atom stereocenters. The van der Waals surface area contributed by atoms with E-state index in [4.69, 9.17) is 0 Å². The molecule has 1 fully saturated rings. The fraction of sp³-hybridized carbons (Fsp3) is 0.385. The van der Waals surface area contributed by atoms with Crippen molar-refractivity contribution in [3.8, 4) is 0 Å². The van der Waals surface area contributed by atoms with Crippen LogP contribution in [0.2, 0.25) is 0 Å². The number of carbonyl (C=O) groups is 2.